The van der Waals surface area contributed by atoms with Crippen LogP contribution in [0.4, 0.5) is 11.4 Å². The third-order valence-electron chi connectivity index (χ3n) is 2.71. The number of anilines is 2. The summed E-state index contributed by atoms with van der Waals surface area (Å²) < 4.78 is 0. The number of aliphatic carboxylic acids is 1. The van der Waals surface area contributed by atoms with Crippen molar-refractivity contribution in [3.05, 3.63) is 24.3 Å². The molecule has 0 bridgehead atoms. The van der Waals surface area contributed by atoms with Gasteiger partial charge in [-0.25, -0.2) is 0 Å². The molecule has 0 radical (unpaired) electrons. The summed E-state index contributed by atoms with van der Waals surface area (Å²) in [6.07, 6.45) is 0.170. The Morgan fingerprint density at radius 1 is 1.18 bits per heavy atom. The molecule has 1 N–H and O–H groups in total. The van der Waals surface area contributed by atoms with Gasteiger partial charge in [-0.1, -0.05) is 0 Å². The molecule has 17 heavy (non-hydrogen) atoms. The van der Waals surface area contributed by atoms with Crippen LogP contribution in [0.25, 0.3) is 0 Å². The minimum absolute atomic E-state index is 0.170. The van der Waals surface area contributed by atoms with Gasteiger partial charge in [0.2, 0.25) is 0 Å². The second kappa shape index (κ2) is 6.13. The molecule has 4 nitrogen and oxygen atoms in total. The Hall–Kier alpha value is -1.71. The van der Waals surface area contributed by atoms with E-state index >= 15 is 0 Å². The van der Waals surface area contributed by atoms with Crippen molar-refractivity contribution in [3.8, 4) is 0 Å². The highest BCUT2D eigenvalue weighted by Crippen LogP contribution is 2.19. The third kappa shape index (κ3) is 3.98. The van der Waals surface area contributed by atoms with Crippen molar-refractivity contribution in [3.63, 3.8) is 0 Å². The largest absolute Gasteiger partial charge is 0.481 e. The first-order chi connectivity index (χ1) is 8.04. The van der Waals surface area contributed by atoms with Crippen LogP contribution in [0.15, 0.2) is 24.3 Å². The van der Waals surface area contributed by atoms with Crippen LogP contribution in [-0.2, 0) is 4.79 Å². The van der Waals surface area contributed by atoms with Crippen molar-refractivity contribution < 1.29 is 9.90 Å². The Morgan fingerprint density at radius 2 is 1.71 bits per heavy atom. The van der Waals surface area contributed by atoms with E-state index in [1.165, 1.54) is 0 Å². The van der Waals surface area contributed by atoms with Gasteiger partial charge in [-0.3, -0.25) is 4.79 Å². The zero-order valence-corrected chi connectivity index (χ0v) is 10.7. The van der Waals surface area contributed by atoms with E-state index in [-0.39, 0.29) is 6.42 Å². The fourth-order valence-electron chi connectivity index (χ4n) is 1.66. The van der Waals surface area contributed by atoms with E-state index < -0.39 is 5.97 Å². The lowest BCUT2D eigenvalue weighted by Gasteiger charge is -2.23. The summed E-state index contributed by atoms with van der Waals surface area (Å²) in [6.45, 7) is 3.39. The molecule has 0 amide bonds. The SMILES string of the molecule is CCN(CCC(=O)O)c1ccc(N(C)C)cc1. The van der Waals surface area contributed by atoms with E-state index in [1.54, 1.807) is 0 Å². The number of carboxylic acid groups (broad SMARTS) is 1. The minimum Gasteiger partial charge on any atom is -0.481 e. The molecule has 1 aromatic rings. The molecule has 4 heteroatoms. The van der Waals surface area contributed by atoms with Crippen LogP contribution < -0.4 is 9.80 Å². The molecular formula is C13H20N2O2. The van der Waals surface area contributed by atoms with Gasteiger partial charge in [0, 0.05) is 38.6 Å². The summed E-state index contributed by atoms with van der Waals surface area (Å²) in [5, 5.41) is 8.69. The van der Waals surface area contributed by atoms with Gasteiger partial charge in [0.1, 0.15) is 0 Å². The molecule has 0 saturated carbocycles. The van der Waals surface area contributed by atoms with Crippen LogP contribution in [0.3, 0.4) is 0 Å². The molecule has 0 atom stereocenters. The quantitative estimate of drug-likeness (QED) is 0.821. The Kier molecular flexibility index (Phi) is 4.82. The summed E-state index contributed by atoms with van der Waals surface area (Å²) in [4.78, 5) is 14.7. The number of carbonyl (C=O) groups is 1. The first-order valence-corrected chi connectivity index (χ1v) is 5.78. The van der Waals surface area contributed by atoms with Gasteiger partial charge in [-0.15, -0.1) is 0 Å². The highest BCUT2D eigenvalue weighted by atomic mass is 16.4. The zero-order chi connectivity index (χ0) is 12.8. The number of carboxylic acids is 1. The third-order valence-corrected chi connectivity index (χ3v) is 2.71. The average molecular weight is 236 g/mol. The van der Waals surface area contributed by atoms with E-state index in [1.807, 2.05) is 50.2 Å². The van der Waals surface area contributed by atoms with Gasteiger partial charge in [0.05, 0.1) is 6.42 Å². The zero-order valence-electron chi connectivity index (χ0n) is 10.7. The molecule has 0 aliphatic heterocycles. The van der Waals surface area contributed by atoms with Gasteiger partial charge in [-0.05, 0) is 31.2 Å². The lowest BCUT2D eigenvalue weighted by atomic mass is 10.2. The first-order valence-electron chi connectivity index (χ1n) is 5.78. The fraction of sp³-hybridized carbons (Fsp3) is 0.462. The maximum absolute atomic E-state index is 10.6. The van der Waals surface area contributed by atoms with Gasteiger partial charge in [0.25, 0.3) is 0 Å². The van der Waals surface area contributed by atoms with Crippen molar-refractivity contribution in [1.29, 1.82) is 0 Å². The summed E-state index contributed by atoms with van der Waals surface area (Å²) in [5.74, 6) is -0.756. The normalized spacial score (nSPS) is 10.1. The molecule has 0 unspecified atom stereocenters. The molecule has 0 fully saturated rings. The van der Waals surface area contributed by atoms with Gasteiger partial charge in [-0.2, -0.15) is 0 Å². The molecular weight excluding hydrogens is 216 g/mol. The van der Waals surface area contributed by atoms with Crippen molar-refractivity contribution in [1.82, 2.24) is 0 Å². The molecule has 1 rings (SSSR count). The first kappa shape index (κ1) is 13.4. The average Bonchev–Trinajstić information content (AvgIpc) is 2.30. The molecule has 1 aromatic carbocycles. The Bertz CT molecular complexity index is 360. The predicted molar refractivity (Wildman–Crippen MR) is 70.9 cm³/mol. The maximum atomic E-state index is 10.6. The standard InChI is InChI=1S/C13H20N2O2/c1-4-15(10-9-13(16)17)12-7-5-11(6-8-12)14(2)3/h5-8H,4,9-10H2,1-3H3,(H,16,17). The summed E-state index contributed by atoms with van der Waals surface area (Å²) in [7, 11) is 3.99. The Balaban J connectivity index is 2.71. The molecule has 0 aromatic heterocycles. The lowest BCUT2D eigenvalue weighted by Crippen LogP contribution is -2.25. The molecule has 0 aliphatic rings. The van der Waals surface area contributed by atoms with Crippen LogP contribution in [0.1, 0.15) is 13.3 Å². The van der Waals surface area contributed by atoms with Crippen LogP contribution in [0.2, 0.25) is 0 Å². The van der Waals surface area contributed by atoms with Gasteiger partial charge < -0.3 is 14.9 Å². The van der Waals surface area contributed by atoms with Crippen LogP contribution in [-0.4, -0.2) is 38.3 Å². The molecule has 0 spiro atoms. The molecule has 0 aliphatic carbocycles. The second-order valence-corrected chi connectivity index (χ2v) is 4.13. The molecule has 94 valence electrons. The van der Waals surface area contributed by atoms with Crippen molar-refractivity contribution in [2.45, 2.75) is 13.3 Å². The summed E-state index contributed by atoms with van der Waals surface area (Å²) in [6, 6.07) is 8.14. The number of benzene rings is 1. The predicted octanol–water partition coefficient (Wildman–Crippen LogP) is 2.05. The maximum Gasteiger partial charge on any atom is 0.305 e. The Labute approximate surface area is 102 Å². The van der Waals surface area contributed by atoms with E-state index in [0.29, 0.717) is 6.54 Å². The summed E-state index contributed by atoms with van der Waals surface area (Å²) >= 11 is 0. The minimum atomic E-state index is -0.756. The van der Waals surface area contributed by atoms with Crippen molar-refractivity contribution in [2.75, 3.05) is 37.0 Å². The van der Waals surface area contributed by atoms with Crippen LogP contribution in [0.5, 0.6) is 0 Å². The van der Waals surface area contributed by atoms with Crippen LogP contribution in [0, 0.1) is 0 Å². The number of hydrogen-bond donors (Lipinski definition) is 1. The smallest absolute Gasteiger partial charge is 0.305 e. The van der Waals surface area contributed by atoms with Gasteiger partial charge >= 0.3 is 5.97 Å². The summed E-state index contributed by atoms with van der Waals surface area (Å²) in [5.41, 5.74) is 2.21. The molecule has 0 heterocycles. The second-order valence-electron chi connectivity index (χ2n) is 4.13. The monoisotopic (exact) mass is 236 g/mol. The van der Waals surface area contributed by atoms with Crippen molar-refractivity contribution in [2.24, 2.45) is 0 Å². The Morgan fingerprint density at radius 3 is 2.12 bits per heavy atom. The van der Waals surface area contributed by atoms with Gasteiger partial charge in [0.15, 0.2) is 0 Å². The lowest BCUT2D eigenvalue weighted by molar-refractivity contribution is -0.136. The number of hydrogen-bond acceptors (Lipinski definition) is 3. The highest BCUT2D eigenvalue weighted by Gasteiger charge is 2.06. The number of rotatable bonds is 6. The van der Waals surface area contributed by atoms with Crippen molar-refractivity contribution >= 4 is 17.3 Å². The van der Waals surface area contributed by atoms with E-state index in [9.17, 15) is 4.79 Å². The van der Waals surface area contributed by atoms with Crippen LogP contribution >= 0.6 is 0 Å². The fourth-order valence-corrected chi connectivity index (χ4v) is 1.66. The topological polar surface area (TPSA) is 43.8 Å². The van der Waals surface area contributed by atoms with E-state index in [0.717, 1.165) is 17.9 Å². The molecule has 0 saturated heterocycles. The van der Waals surface area contributed by atoms with E-state index in [4.69, 9.17) is 5.11 Å². The van der Waals surface area contributed by atoms with E-state index in [2.05, 4.69) is 4.90 Å². The highest BCUT2D eigenvalue weighted by molar-refractivity contribution is 5.67. The number of nitrogens with zero attached hydrogens (tertiary/aromatic N) is 2.